The molecular formula is C18H25N3O2. The van der Waals surface area contributed by atoms with E-state index in [1.165, 1.54) is 25.9 Å². The fourth-order valence-electron chi connectivity index (χ4n) is 4.14. The molecule has 0 saturated carbocycles. The molecule has 1 aromatic rings. The molecule has 1 amide bonds. The number of fused-ring (bicyclic) bond motifs is 4. The highest BCUT2D eigenvalue weighted by atomic mass is 16.5. The Labute approximate surface area is 137 Å². The number of hydrogen-bond acceptors (Lipinski definition) is 4. The summed E-state index contributed by atoms with van der Waals surface area (Å²) in [6.07, 6.45) is 2.41. The van der Waals surface area contributed by atoms with Crippen molar-refractivity contribution in [3.05, 3.63) is 23.3 Å². The summed E-state index contributed by atoms with van der Waals surface area (Å²) in [6.45, 7) is 6.89. The Morgan fingerprint density at radius 2 is 2.04 bits per heavy atom. The molecule has 4 aliphatic heterocycles. The largest absolute Gasteiger partial charge is 0.489 e. The van der Waals surface area contributed by atoms with Crippen LogP contribution >= 0.6 is 0 Å². The van der Waals surface area contributed by atoms with Gasteiger partial charge in [0.2, 0.25) is 0 Å². The number of nitrogens with zero attached hydrogens (tertiary/aromatic N) is 2. The van der Waals surface area contributed by atoms with Gasteiger partial charge in [0.15, 0.2) is 5.75 Å². The number of aryl methyl sites for hydroxylation is 1. The third-order valence-electron chi connectivity index (χ3n) is 5.52. The average molecular weight is 315 g/mol. The van der Waals surface area contributed by atoms with Crippen molar-refractivity contribution in [2.45, 2.75) is 25.8 Å². The third kappa shape index (κ3) is 2.67. The lowest BCUT2D eigenvalue weighted by Gasteiger charge is -2.45. The van der Waals surface area contributed by atoms with Crippen molar-refractivity contribution >= 4 is 11.6 Å². The summed E-state index contributed by atoms with van der Waals surface area (Å²) in [7, 11) is 2.05. The molecule has 0 spiro atoms. The number of rotatable bonds is 2. The van der Waals surface area contributed by atoms with Crippen LogP contribution < -0.4 is 15.0 Å². The van der Waals surface area contributed by atoms with Crippen LogP contribution in [0.5, 0.6) is 5.75 Å². The van der Waals surface area contributed by atoms with Crippen LogP contribution in [0.4, 0.5) is 5.69 Å². The molecule has 1 unspecified atom stereocenters. The van der Waals surface area contributed by atoms with Crippen molar-refractivity contribution in [3.8, 4) is 5.75 Å². The number of carbonyl (C=O) groups excluding carboxylic acids is 1. The number of benzene rings is 1. The molecule has 23 heavy (non-hydrogen) atoms. The summed E-state index contributed by atoms with van der Waals surface area (Å²) in [5, 5.41) is 3.28. The van der Waals surface area contributed by atoms with Gasteiger partial charge in [-0.15, -0.1) is 0 Å². The van der Waals surface area contributed by atoms with E-state index in [2.05, 4.69) is 28.2 Å². The van der Waals surface area contributed by atoms with Gasteiger partial charge in [-0.05, 0) is 56.5 Å². The first-order valence-electron chi connectivity index (χ1n) is 8.63. The minimum atomic E-state index is 0.0130. The van der Waals surface area contributed by atoms with Crippen molar-refractivity contribution in [3.63, 3.8) is 0 Å². The maximum Gasteiger partial charge on any atom is 0.255 e. The molecule has 3 fully saturated rings. The molecule has 0 aromatic heterocycles. The van der Waals surface area contributed by atoms with E-state index in [-0.39, 0.29) is 11.9 Å². The van der Waals surface area contributed by atoms with Gasteiger partial charge >= 0.3 is 0 Å². The summed E-state index contributed by atoms with van der Waals surface area (Å²) in [5.41, 5.74) is 2.80. The highest BCUT2D eigenvalue weighted by Gasteiger charge is 2.35. The average Bonchev–Trinajstić information content (AvgIpc) is 2.56. The van der Waals surface area contributed by atoms with Crippen LogP contribution in [-0.2, 0) is 0 Å². The van der Waals surface area contributed by atoms with Crippen LogP contribution in [0.2, 0.25) is 0 Å². The molecule has 5 heteroatoms. The number of likely N-dealkylation sites (N-methyl/N-ethyl adjacent to an activating group) is 1. The van der Waals surface area contributed by atoms with Gasteiger partial charge < -0.3 is 19.9 Å². The highest BCUT2D eigenvalue weighted by Crippen LogP contribution is 2.36. The second kappa shape index (κ2) is 5.71. The van der Waals surface area contributed by atoms with Gasteiger partial charge in [0.1, 0.15) is 6.61 Å². The number of nitrogens with one attached hydrogen (secondary N) is 1. The molecular weight excluding hydrogens is 290 g/mol. The van der Waals surface area contributed by atoms with E-state index >= 15 is 0 Å². The van der Waals surface area contributed by atoms with Gasteiger partial charge in [0, 0.05) is 19.6 Å². The lowest BCUT2D eigenvalue weighted by molar-refractivity contribution is 0.0618. The summed E-state index contributed by atoms with van der Waals surface area (Å²) >= 11 is 0. The molecule has 4 aliphatic rings. The van der Waals surface area contributed by atoms with Crippen molar-refractivity contribution in [2.75, 3.05) is 44.7 Å². The van der Waals surface area contributed by atoms with Crippen LogP contribution in [-0.4, -0.2) is 56.7 Å². The first-order chi connectivity index (χ1) is 11.1. The molecule has 0 radical (unpaired) electrons. The van der Waals surface area contributed by atoms with Crippen LogP contribution in [0.3, 0.4) is 0 Å². The molecule has 1 aromatic carbocycles. The van der Waals surface area contributed by atoms with Crippen molar-refractivity contribution < 1.29 is 9.53 Å². The Morgan fingerprint density at radius 3 is 2.74 bits per heavy atom. The fraction of sp³-hybridized carbons (Fsp3) is 0.611. The van der Waals surface area contributed by atoms with Crippen LogP contribution in [0.15, 0.2) is 12.1 Å². The second-order valence-corrected chi connectivity index (χ2v) is 7.15. The molecule has 124 valence electrons. The van der Waals surface area contributed by atoms with E-state index in [0.717, 1.165) is 30.1 Å². The number of amides is 1. The summed E-state index contributed by atoms with van der Waals surface area (Å²) < 4.78 is 5.84. The lowest BCUT2D eigenvalue weighted by Crippen LogP contribution is -2.57. The van der Waals surface area contributed by atoms with E-state index in [9.17, 15) is 4.79 Å². The predicted octanol–water partition coefficient (Wildman–Crippen LogP) is 1.65. The minimum Gasteiger partial charge on any atom is -0.489 e. The molecule has 5 nitrogen and oxygen atoms in total. The van der Waals surface area contributed by atoms with Gasteiger partial charge in [0.25, 0.3) is 5.91 Å². The summed E-state index contributed by atoms with van der Waals surface area (Å²) in [4.78, 5) is 17.5. The third-order valence-corrected chi connectivity index (χ3v) is 5.52. The van der Waals surface area contributed by atoms with Crippen molar-refractivity contribution in [1.82, 2.24) is 10.2 Å². The monoisotopic (exact) mass is 315 g/mol. The van der Waals surface area contributed by atoms with Crippen LogP contribution in [0.1, 0.15) is 28.8 Å². The molecule has 4 heterocycles. The lowest BCUT2D eigenvalue weighted by atomic mass is 9.84. The normalized spacial score (nSPS) is 29.0. The van der Waals surface area contributed by atoms with Gasteiger partial charge in [-0.25, -0.2) is 0 Å². The van der Waals surface area contributed by atoms with E-state index < -0.39 is 0 Å². The Kier molecular flexibility index (Phi) is 3.68. The Bertz CT molecular complexity index is 623. The Balaban J connectivity index is 1.59. The maximum atomic E-state index is 12.9. The van der Waals surface area contributed by atoms with Crippen molar-refractivity contribution in [2.24, 2.45) is 5.92 Å². The molecule has 1 N–H and O–H groups in total. The maximum absolute atomic E-state index is 12.9. The zero-order chi connectivity index (χ0) is 16.0. The van der Waals surface area contributed by atoms with E-state index in [1.807, 2.05) is 13.0 Å². The quantitative estimate of drug-likeness (QED) is 0.901. The number of piperidine rings is 3. The molecule has 0 aliphatic carbocycles. The van der Waals surface area contributed by atoms with Gasteiger partial charge in [-0.3, -0.25) is 4.79 Å². The molecule has 5 rings (SSSR count). The standard InChI is InChI=1S/C18H25N3O2/c1-12-9-14(17-16(10-12)20(2)7-8-23-17)18(22)19-15-11-21-5-3-13(15)4-6-21/h9-10,13,15H,3-8,11H2,1-2H3,(H,19,22). The second-order valence-electron chi connectivity index (χ2n) is 7.15. The number of ether oxygens (including phenoxy) is 1. The fourth-order valence-corrected chi connectivity index (χ4v) is 4.14. The van der Waals surface area contributed by atoms with Crippen LogP contribution in [0.25, 0.3) is 0 Å². The number of hydrogen-bond donors (Lipinski definition) is 1. The first-order valence-corrected chi connectivity index (χ1v) is 8.63. The van der Waals surface area contributed by atoms with Gasteiger partial charge in [0.05, 0.1) is 17.8 Å². The number of anilines is 1. The zero-order valence-corrected chi connectivity index (χ0v) is 14.0. The predicted molar refractivity (Wildman–Crippen MR) is 90.4 cm³/mol. The molecule has 2 bridgehead atoms. The summed E-state index contributed by atoms with van der Waals surface area (Å²) in [6, 6.07) is 4.33. The van der Waals surface area contributed by atoms with E-state index in [0.29, 0.717) is 18.1 Å². The highest BCUT2D eigenvalue weighted by molar-refractivity contribution is 5.99. The first kappa shape index (κ1) is 14.8. The zero-order valence-electron chi connectivity index (χ0n) is 14.0. The smallest absolute Gasteiger partial charge is 0.255 e. The Hall–Kier alpha value is -1.75. The summed E-state index contributed by atoms with van der Waals surface area (Å²) in [5.74, 6) is 1.38. The Morgan fingerprint density at radius 1 is 1.26 bits per heavy atom. The molecule has 3 saturated heterocycles. The van der Waals surface area contributed by atoms with Gasteiger partial charge in [-0.1, -0.05) is 0 Å². The molecule has 1 atom stereocenters. The number of carbonyl (C=O) groups is 1. The van der Waals surface area contributed by atoms with E-state index in [4.69, 9.17) is 4.74 Å². The van der Waals surface area contributed by atoms with Crippen molar-refractivity contribution in [1.29, 1.82) is 0 Å². The van der Waals surface area contributed by atoms with Gasteiger partial charge in [-0.2, -0.15) is 0 Å². The minimum absolute atomic E-state index is 0.0130. The SMILES string of the molecule is Cc1cc(C(=O)NC2CN3CCC2CC3)c2c(c1)N(C)CCO2. The topological polar surface area (TPSA) is 44.8 Å². The van der Waals surface area contributed by atoms with E-state index in [1.54, 1.807) is 0 Å². The van der Waals surface area contributed by atoms with Crippen LogP contribution in [0, 0.1) is 12.8 Å².